The van der Waals surface area contributed by atoms with Crippen LogP contribution in [0.15, 0.2) is 54.2 Å². The van der Waals surface area contributed by atoms with Gasteiger partial charge in [0, 0.05) is 30.4 Å². The molecule has 2 amide bonds. The summed E-state index contributed by atoms with van der Waals surface area (Å²) in [4.78, 5) is 32.9. The predicted molar refractivity (Wildman–Crippen MR) is 123 cm³/mol. The zero-order valence-corrected chi connectivity index (χ0v) is 18.9. The topological polar surface area (TPSA) is 88.1 Å². The van der Waals surface area contributed by atoms with Crippen molar-refractivity contribution in [3.8, 4) is 0 Å². The second-order valence-corrected chi connectivity index (χ2v) is 8.68. The molecule has 8 heteroatoms. The Morgan fingerprint density at radius 3 is 2.56 bits per heavy atom. The molecule has 4 rings (SSSR count). The summed E-state index contributed by atoms with van der Waals surface area (Å²) in [5.74, 6) is -0.490. The second-order valence-electron chi connectivity index (χ2n) is 8.07. The minimum absolute atomic E-state index is 0.149. The number of aryl methyl sites for hydroxylation is 1. The van der Waals surface area contributed by atoms with Gasteiger partial charge in [-0.15, -0.1) is 5.10 Å². The normalized spacial score (nSPS) is 14.8. The molecule has 1 aromatic carbocycles. The average molecular weight is 450 g/mol. The molecule has 7 nitrogen and oxygen atoms in total. The quantitative estimate of drug-likeness (QED) is 0.563. The van der Waals surface area contributed by atoms with Gasteiger partial charge < -0.3 is 10.2 Å². The molecule has 0 radical (unpaired) electrons. The number of carbonyl (C=O) groups excluding carboxylic acids is 2. The van der Waals surface area contributed by atoms with E-state index in [0.29, 0.717) is 0 Å². The van der Waals surface area contributed by atoms with Crippen molar-refractivity contribution >= 4 is 23.3 Å². The number of aromatic nitrogens is 3. The van der Waals surface area contributed by atoms with Crippen molar-refractivity contribution < 1.29 is 9.59 Å². The van der Waals surface area contributed by atoms with Gasteiger partial charge in [0.1, 0.15) is 6.04 Å². The number of pyridine rings is 1. The zero-order chi connectivity index (χ0) is 22.3. The highest BCUT2D eigenvalue weighted by Crippen LogP contribution is 2.27. The first kappa shape index (κ1) is 22.1. The summed E-state index contributed by atoms with van der Waals surface area (Å²) in [6.45, 7) is 2.33. The minimum atomic E-state index is -0.782. The summed E-state index contributed by atoms with van der Waals surface area (Å²) in [7, 11) is 0. The van der Waals surface area contributed by atoms with Crippen LogP contribution in [0.1, 0.15) is 65.8 Å². The Morgan fingerprint density at radius 2 is 1.94 bits per heavy atom. The molecule has 3 aromatic rings. The molecule has 1 saturated carbocycles. The van der Waals surface area contributed by atoms with E-state index in [9.17, 15) is 9.59 Å². The van der Waals surface area contributed by atoms with Gasteiger partial charge in [-0.3, -0.25) is 14.6 Å². The highest BCUT2D eigenvalue weighted by atomic mass is 32.1. The molecule has 2 aromatic heterocycles. The van der Waals surface area contributed by atoms with Crippen LogP contribution in [0.25, 0.3) is 0 Å². The van der Waals surface area contributed by atoms with Crippen molar-refractivity contribution in [2.45, 2.75) is 57.7 Å². The minimum Gasteiger partial charge on any atom is -0.351 e. The lowest BCUT2D eigenvalue weighted by molar-refractivity contribution is -0.126. The molecular weight excluding hydrogens is 422 g/mol. The Labute approximate surface area is 192 Å². The van der Waals surface area contributed by atoms with Gasteiger partial charge in [-0.2, -0.15) is 0 Å². The first-order valence-electron chi connectivity index (χ1n) is 11.0. The van der Waals surface area contributed by atoms with E-state index in [-0.39, 0.29) is 30.1 Å². The van der Waals surface area contributed by atoms with Gasteiger partial charge in [0.05, 0.1) is 0 Å². The average Bonchev–Trinajstić information content (AvgIpc) is 3.54. The Hall–Kier alpha value is -3.13. The fraction of sp³-hybridized carbons (Fsp3) is 0.375. The van der Waals surface area contributed by atoms with Gasteiger partial charge >= 0.3 is 0 Å². The molecule has 1 fully saturated rings. The third-order valence-corrected chi connectivity index (χ3v) is 6.39. The second kappa shape index (κ2) is 10.5. The fourth-order valence-electron chi connectivity index (χ4n) is 4.13. The van der Waals surface area contributed by atoms with Crippen LogP contribution in [0.5, 0.6) is 0 Å². The third-order valence-electron chi connectivity index (χ3n) is 5.88. The number of amides is 2. The lowest BCUT2D eigenvalue weighted by Crippen LogP contribution is -2.46. The molecule has 1 aliphatic carbocycles. The number of rotatable bonds is 8. The van der Waals surface area contributed by atoms with E-state index in [1.54, 1.807) is 22.7 Å². The number of hydrogen-bond donors (Lipinski definition) is 1. The van der Waals surface area contributed by atoms with Gasteiger partial charge in [-0.05, 0) is 53.6 Å². The van der Waals surface area contributed by atoms with Crippen molar-refractivity contribution in [2.75, 3.05) is 0 Å². The lowest BCUT2D eigenvalue weighted by Gasteiger charge is -2.32. The summed E-state index contributed by atoms with van der Waals surface area (Å²) < 4.78 is 3.85. The van der Waals surface area contributed by atoms with Crippen LogP contribution < -0.4 is 5.32 Å². The molecular formula is C24H27N5O2S. The summed E-state index contributed by atoms with van der Waals surface area (Å²) in [5.41, 5.74) is 3.03. The third kappa shape index (κ3) is 5.19. The summed E-state index contributed by atoms with van der Waals surface area (Å²) in [6, 6.07) is 11.0. The molecule has 1 atom stereocenters. The van der Waals surface area contributed by atoms with Gasteiger partial charge in [0.15, 0.2) is 5.69 Å². The molecule has 1 N–H and O–H groups in total. The number of nitrogens with zero attached hydrogens (tertiary/aromatic N) is 4. The van der Waals surface area contributed by atoms with E-state index in [1.165, 1.54) is 5.56 Å². The molecule has 1 aliphatic rings. The summed E-state index contributed by atoms with van der Waals surface area (Å²) in [5, 5.41) is 8.78. The molecule has 0 unspecified atom stereocenters. The Morgan fingerprint density at radius 1 is 1.16 bits per heavy atom. The first-order chi connectivity index (χ1) is 15.7. The highest BCUT2D eigenvalue weighted by Gasteiger charge is 2.34. The maximum absolute atomic E-state index is 13.6. The van der Waals surface area contributed by atoms with Gasteiger partial charge in [0.25, 0.3) is 5.91 Å². The molecule has 0 bridgehead atoms. The molecule has 0 aliphatic heterocycles. The van der Waals surface area contributed by atoms with Crippen molar-refractivity contribution in [1.29, 1.82) is 0 Å². The lowest BCUT2D eigenvalue weighted by atomic mass is 10.00. The van der Waals surface area contributed by atoms with Gasteiger partial charge in [-0.1, -0.05) is 54.6 Å². The highest BCUT2D eigenvalue weighted by molar-refractivity contribution is 7.03. The molecule has 166 valence electrons. The molecule has 0 spiro atoms. The largest absolute Gasteiger partial charge is 0.351 e. The Kier molecular flexibility index (Phi) is 7.21. The summed E-state index contributed by atoms with van der Waals surface area (Å²) in [6.07, 6.45) is 8.48. The SMILES string of the molecule is CCc1ccc([C@H](C(=O)NC2CCCC2)N(Cc2cccnc2)C(=O)c2csnn2)cc1. The maximum atomic E-state index is 13.6. The maximum Gasteiger partial charge on any atom is 0.276 e. The van der Waals surface area contributed by atoms with E-state index in [4.69, 9.17) is 0 Å². The van der Waals surface area contributed by atoms with Crippen LogP contribution in [0.2, 0.25) is 0 Å². The van der Waals surface area contributed by atoms with Crippen LogP contribution >= 0.6 is 11.5 Å². The van der Waals surface area contributed by atoms with Crippen LogP contribution in [0.3, 0.4) is 0 Å². The van der Waals surface area contributed by atoms with Gasteiger partial charge in [0.2, 0.25) is 5.91 Å². The monoisotopic (exact) mass is 449 g/mol. The van der Waals surface area contributed by atoms with Gasteiger partial charge in [-0.25, -0.2) is 0 Å². The molecule has 2 heterocycles. The number of nitrogens with one attached hydrogen (secondary N) is 1. The standard InChI is InChI=1S/C24H27N5O2S/c1-2-17-9-11-19(12-10-17)22(23(30)26-20-7-3-4-8-20)29(15-18-6-5-13-25-14-18)24(31)21-16-32-28-27-21/h5-6,9-14,16,20,22H,2-4,7-8,15H2,1H3,(H,26,30)/t22-/m1/s1. The van der Waals surface area contributed by atoms with Crippen molar-refractivity contribution in [3.63, 3.8) is 0 Å². The summed E-state index contributed by atoms with van der Waals surface area (Å²) >= 11 is 1.12. The van der Waals surface area contributed by atoms with E-state index >= 15 is 0 Å². The smallest absolute Gasteiger partial charge is 0.276 e. The van der Waals surface area contributed by atoms with Crippen molar-refractivity contribution in [3.05, 3.63) is 76.6 Å². The molecule has 0 saturated heterocycles. The molecule has 32 heavy (non-hydrogen) atoms. The number of carbonyl (C=O) groups is 2. The fourth-order valence-corrected chi connectivity index (χ4v) is 4.56. The van der Waals surface area contributed by atoms with E-state index in [2.05, 4.69) is 26.8 Å². The Balaban J connectivity index is 1.72. The van der Waals surface area contributed by atoms with Crippen LogP contribution in [-0.2, 0) is 17.8 Å². The van der Waals surface area contributed by atoms with Crippen LogP contribution in [0.4, 0.5) is 0 Å². The predicted octanol–water partition coefficient (Wildman–Crippen LogP) is 3.94. The van der Waals surface area contributed by atoms with Crippen molar-refractivity contribution in [2.24, 2.45) is 0 Å². The zero-order valence-electron chi connectivity index (χ0n) is 18.1. The van der Waals surface area contributed by atoms with Crippen LogP contribution in [-0.4, -0.2) is 37.3 Å². The van der Waals surface area contributed by atoms with E-state index in [1.807, 2.05) is 36.4 Å². The van der Waals surface area contributed by atoms with E-state index < -0.39 is 6.04 Å². The number of hydrogen-bond acceptors (Lipinski definition) is 6. The van der Waals surface area contributed by atoms with Crippen LogP contribution in [0, 0.1) is 0 Å². The first-order valence-corrected chi connectivity index (χ1v) is 11.9. The Bertz CT molecular complexity index is 1020. The van der Waals surface area contributed by atoms with E-state index in [0.717, 1.165) is 54.8 Å². The number of benzene rings is 1. The van der Waals surface area contributed by atoms with Crippen molar-refractivity contribution in [1.82, 2.24) is 24.8 Å².